The molecule has 0 aliphatic rings. The van der Waals surface area contributed by atoms with Crippen LogP contribution in [0, 0.1) is 0 Å². The Morgan fingerprint density at radius 1 is 1.04 bits per heavy atom. The molecule has 24 heavy (non-hydrogen) atoms. The lowest BCUT2D eigenvalue weighted by Crippen LogP contribution is -2.27. The van der Waals surface area contributed by atoms with Gasteiger partial charge in [-0.2, -0.15) is 0 Å². The molecule has 3 atom stereocenters. The van der Waals surface area contributed by atoms with Crippen LogP contribution in [0.3, 0.4) is 0 Å². The number of ether oxygens (including phenoxy) is 1. The number of hydrogen-bond donors (Lipinski definition) is 3. The third-order valence-corrected chi connectivity index (χ3v) is 3.01. The molecule has 0 saturated heterocycles. The van der Waals surface area contributed by atoms with Gasteiger partial charge in [-0.3, -0.25) is 0 Å². The Kier molecular flexibility index (Phi) is 11.5. The Morgan fingerprint density at radius 3 is 2.29 bits per heavy atom. The molecule has 0 spiro atoms. The van der Waals surface area contributed by atoms with Gasteiger partial charge in [0, 0.05) is 12.5 Å². The Balaban J connectivity index is 4.50. The van der Waals surface area contributed by atoms with Crippen molar-refractivity contribution >= 4 is 5.97 Å². The summed E-state index contributed by atoms with van der Waals surface area (Å²) in [6, 6.07) is 0. The Hall–Kier alpha value is -1.95. The van der Waals surface area contributed by atoms with Crippen LogP contribution in [0.1, 0.15) is 27.2 Å². The summed E-state index contributed by atoms with van der Waals surface area (Å²) in [7, 11) is 1.33. The summed E-state index contributed by atoms with van der Waals surface area (Å²) in [5.74, 6) is -0.397. The fourth-order valence-electron chi connectivity index (χ4n) is 1.79. The van der Waals surface area contributed by atoms with E-state index in [-0.39, 0.29) is 6.42 Å². The van der Waals surface area contributed by atoms with Gasteiger partial charge in [-0.05, 0) is 20.8 Å². The highest BCUT2D eigenvalue weighted by Gasteiger charge is 2.14. The average Bonchev–Trinajstić information content (AvgIpc) is 2.51. The second-order valence-electron chi connectivity index (χ2n) is 5.57. The Labute approximate surface area is 144 Å². The van der Waals surface area contributed by atoms with Crippen molar-refractivity contribution < 1.29 is 24.9 Å². The van der Waals surface area contributed by atoms with E-state index >= 15 is 0 Å². The van der Waals surface area contributed by atoms with Crippen LogP contribution >= 0.6 is 0 Å². The highest BCUT2D eigenvalue weighted by molar-refractivity contribution is 5.82. The zero-order valence-corrected chi connectivity index (χ0v) is 14.7. The third-order valence-electron chi connectivity index (χ3n) is 3.01. The number of methoxy groups -OCH3 is 1. The standard InChI is InChI=1S/C19H28O5/c1-14(12-15(2)10-11-19(23)24-4)8-6-5-7-9-17(21)18(22)13-16(3)20/h5-12,16-18,20-22H,13H2,1-4H3. The summed E-state index contributed by atoms with van der Waals surface area (Å²) in [4.78, 5) is 11.0. The molecule has 0 bridgehead atoms. The van der Waals surface area contributed by atoms with Crippen LogP contribution in [0.4, 0.5) is 0 Å². The van der Waals surface area contributed by atoms with Crippen molar-refractivity contribution in [2.75, 3.05) is 7.11 Å². The molecule has 0 rings (SSSR count). The predicted octanol–water partition coefficient (Wildman–Crippen LogP) is 2.21. The molecule has 0 aromatic heterocycles. The van der Waals surface area contributed by atoms with Crippen molar-refractivity contribution in [3.63, 3.8) is 0 Å². The fraction of sp³-hybridized carbons (Fsp3) is 0.421. The quantitative estimate of drug-likeness (QED) is 0.341. The molecular weight excluding hydrogens is 308 g/mol. The first-order chi connectivity index (χ1) is 11.3. The molecule has 0 amide bonds. The molecular formula is C19H28O5. The second-order valence-corrected chi connectivity index (χ2v) is 5.57. The van der Waals surface area contributed by atoms with E-state index in [0.29, 0.717) is 0 Å². The molecule has 0 aromatic rings. The average molecular weight is 336 g/mol. The number of hydrogen-bond acceptors (Lipinski definition) is 5. The normalized spacial score (nSPS) is 17.6. The van der Waals surface area contributed by atoms with E-state index in [0.717, 1.165) is 11.1 Å². The summed E-state index contributed by atoms with van der Waals surface area (Å²) in [6.45, 7) is 5.36. The van der Waals surface area contributed by atoms with Crippen LogP contribution in [-0.2, 0) is 9.53 Å². The molecule has 0 saturated carbocycles. The summed E-state index contributed by atoms with van der Waals surface area (Å²) < 4.78 is 4.52. The van der Waals surface area contributed by atoms with Gasteiger partial charge in [-0.1, -0.05) is 53.7 Å². The topological polar surface area (TPSA) is 87.0 Å². The molecule has 3 N–H and O–H groups in total. The van der Waals surface area contributed by atoms with Crippen molar-refractivity contribution in [3.05, 3.63) is 59.8 Å². The Morgan fingerprint density at radius 2 is 1.71 bits per heavy atom. The number of rotatable bonds is 9. The van der Waals surface area contributed by atoms with Gasteiger partial charge in [0.15, 0.2) is 0 Å². The lowest BCUT2D eigenvalue weighted by atomic mass is 10.1. The van der Waals surface area contributed by atoms with E-state index in [4.69, 9.17) is 5.11 Å². The van der Waals surface area contributed by atoms with E-state index < -0.39 is 24.3 Å². The lowest BCUT2D eigenvalue weighted by molar-refractivity contribution is -0.134. The van der Waals surface area contributed by atoms with Crippen LogP contribution in [0.15, 0.2) is 59.8 Å². The van der Waals surface area contributed by atoms with Crippen LogP contribution in [0.5, 0.6) is 0 Å². The first kappa shape index (κ1) is 22.1. The maximum absolute atomic E-state index is 11.0. The van der Waals surface area contributed by atoms with Crippen LogP contribution in [-0.4, -0.2) is 46.7 Å². The van der Waals surface area contributed by atoms with Crippen molar-refractivity contribution in [2.45, 2.75) is 45.5 Å². The highest BCUT2D eigenvalue weighted by Crippen LogP contribution is 2.05. The van der Waals surface area contributed by atoms with E-state index in [9.17, 15) is 15.0 Å². The van der Waals surface area contributed by atoms with Gasteiger partial charge in [0.2, 0.25) is 0 Å². The molecule has 0 aromatic carbocycles. The molecule has 0 radical (unpaired) electrons. The van der Waals surface area contributed by atoms with Crippen LogP contribution < -0.4 is 0 Å². The minimum absolute atomic E-state index is 0.122. The van der Waals surface area contributed by atoms with Gasteiger partial charge >= 0.3 is 5.97 Å². The fourth-order valence-corrected chi connectivity index (χ4v) is 1.79. The van der Waals surface area contributed by atoms with Crippen LogP contribution in [0.2, 0.25) is 0 Å². The van der Waals surface area contributed by atoms with Crippen molar-refractivity contribution in [2.24, 2.45) is 0 Å². The molecule has 0 fully saturated rings. The smallest absolute Gasteiger partial charge is 0.330 e. The molecule has 0 heterocycles. The number of esters is 1. The first-order valence-electron chi connectivity index (χ1n) is 7.76. The molecule has 5 heteroatoms. The minimum Gasteiger partial charge on any atom is -0.466 e. The van der Waals surface area contributed by atoms with Gasteiger partial charge in [0.25, 0.3) is 0 Å². The first-order valence-corrected chi connectivity index (χ1v) is 7.76. The number of carbonyl (C=O) groups is 1. The summed E-state index contributed by atoms with van der Waals surface area (Å²) in [6.07, 6.45) is 10.9. The zero-order chi connectivity index (χ0) is 18.5. The number of aliphatic hydroxyl groups excluding tert-OH is 3. The predicted molar refractivity (Wildman–Crippen MR) is 95.3 cm³/mol. The minimum atomic E-state index is -1.01. The van der Waals surface area contributed by atoms with Gasteiger partial charge in [0.1, 0.15) is 0 Å². The summed E-state index contributed by atoms with van der Waals surface area (Å²) >= 11 is 0. The van der Waals surface area contributed by atoms with Crippen molar-refractivity contribution in [1.82, 2.24) is 0 Å². The van der Waals surface area contributed by atoms with E-state index in [1.54, 1.807) is 31.2 Å². The van der Waals surface area contributed by atoms with E-state index in [1.807, 2.05) is 26.0 Å². The highest BCUT2D eigenvalue weighted by atomic mass is 16.5. The molecule has 3 unspecified atom stereocenters. The van der Waals surface area contributed by atoms with Gasteiger partial charge in [-0.25, -0.2) is 4.79 Å². The summed E-state index contributed by atoms with van der Waals surface area (Å²) in [5, 5.41) is 28.4. The van der Waals surface area contributed by atoms with Crippen molar-refractivity contribution in [3.8, 4) is 0 Å². The second kappa shape index (κ2) is 12.5. The van der Waals surface area contributed by atoms with E-state index in [2.05, 4.69) is 4.74 Å². The maximum atomic E-state index is 11.0. The van der Waals surface area contributed by atoms with E-state index in [1.165, 1.54) is 19.3 Å². The molecule has 5 nitrogen and oxygen atoms in total. The molecule has 0 aliphatic heterocycles. The Bertz CT molecular complexity index is 524. The molecule has 134 valence electrons. The van der Waals surface area contributed by atoms with Gasteiger partial charge in [-0.15, -0.1) is 0 Å². The summed E-state index contributed by atoms with van der Waals surface area (Å²) in [5.41, 5.74) is 1.90. The zero-order valence-electron chi connectivity index (χ0n) is 14.7. The monoisotopic (exact) mass is 336 g/mol. The van der Waals surface area contributed by atoms with Crippen LogP contribution in [0.25, 0.3) is 0 Å². The third kappa shape index (κ3) is 11.6. The SMILES string of the molecule is COC(=O)C=CC(C)=CC(C)=CC=CC=CC(O)C(O)CC(C)O. The van der Waals surface area contributed by atoms with Gasteiger partial charge < -0.3 is 20.1 Å². The van der Waals surface area contributed by atoms with Crippen molar-refractivity contribution in [1.29, 1.82) is 0 Å². The lowest BCUT2D eigenvalue weighted by Gasteiger charge is -2.15. The number of carbonyl (C=O) groups excluding carboxylic acids is 1. The number of allylic oxidation sites excluding steroid dienone is 8. The number of aliphatic hydroxyl groups is 3. The maximum Gasteiger partial charge on any atom is 0.330 e. The largest absolute Gasteiger partial charge is 0.466 e. The van der Waals surface area contributed by atoms with Gasteiger partial charge in [0.05, 0.1) is 25.4 Å². The molecule has 0 aliphatic carbocycles.